The zero-order valence-corrected chi connectivity index (χ0v) is 16.4. The summed E-state index contributed by atoms with van der Waals surface area (Å²) in [5.74, 6) is 0.0733. The standard InChI is InChI=1S/C21H26N4O2/c1-12(2)18-10-17(19-13(3)24-25(5)20(19)23-18)21(27)22-11-15-6-8-16(9-7-15)14(4)26/h6-10,12,14,26H,11H2,1-5H3,(H,22,27)/t14-/m1/s1. The third kappa shape index (κ3) is 3.85. The van der Waals surface area contributed by atoms with Crippen LogP contribution in [0.1, 0.15) is 65.7 Å². The molecule has 3 aromatic rings. The zero-order chi connectivity index (χ0) is 19.7. The summed E-state index contributed by atoms with van der Waals surface area (Å²) in [6, 6.07) is 9.45. The third-order valence-electron chi connectivity index (χ3n) is 4.74. The van der Waals surface area contributed by atoms with Crippen molar-refractivity contribution in [3.63, 3.8) is 0 Å². The largest absolute Gasteiger partial charge is 0.389 e. The van der Waals surface area contributed by atoms with Crippen molar-refractivity contribution in [1.29, 1.82) is 0 Å². The maximum atomic E-state index is 12.9. The van der Waals surface area contributed by atoms with Gasteiger partial charge in [-0.05, 0) is 37.0 Å². The molecule has 0 saturated heterocycles. The lowest BCUT2D eigenvalue weighted by Gasteiger charge is -2.11. The number of nitrogens with zero attached hydrogens (tertiary/aromatic N) is 3. The normalized spacial score (nSPS) is 12.6. The van der Waals surface area contributed by atoms with Crippen molar-refractivity contribution in [1.82, 2.24) is 20.1 Å². The molecule has 0 aliphatic carbocycles. The van der Waals surface area contributed by atoms with Gasteiger partial charge in [0.2, 0.25) is 0 Å². The number of pyridine rings is 1. The first-order valence-electron chi connectivity index (χ1n) is 9.17. The molecular formula is C21H26N4O2. The molecule has 1 aromatic carbocycles. The highest BCUT2D eigenvalue weighted by molar-refractivity contribution is 6.06. The van der Waals surface area contributed by atoms with Crippen molar-refractivity contribution in [2.45, 2.75) is 46.3 Å². The Morgan fingerprint density at radius 1 is 1.22 bits per heavy atom. The number of rotatable bonds is 5. The summed E-state index contributed by atoms with van der Waals surface area (Å²) in [4.78, 5) is 17.6. The lowest BCUT2D eigenvalue weighted by atomic mass is 10.0. The molecule has 6 nitrogen and oxygen atoms in total. The van der Waals surface area contributed by atoms with E-state index in [0.29, 0.717) is 12.1 Å². The van der Waals surface area contributed by atoms with Gasteiger partial charge in [0.05, 0.1) is 22.7 Å². The number of carbonyl (C=O) groups is 1. The zero-order valence-electron chi connectivity index (χ0n) is 16.4. The number of aryl methyl sites for hydroxylation is 2. The minimum atomic E-state index is -0.498. The molecule has 6 heteroatoms. The van der Waals surface area contributed by atoms with E-state index in [1.54, 1.807) is 11.6 Å². The Kier molecular flexibility index (Phi) is 5.28. The van der Waals surface area contributed by atoms with Gasteiger partial charge in [-0.15, -0.1) is 0 Å². The second-order valence-electron chi connectivity index (χ2n) is 7.26. The molecule has 1 atom stereocenters. The third-order valence-corrected chi connectivity index (χ3v) is 4.74. The Balaban J connectivity index is 1.88. The van der Waals surface area contributed by atoms with Crippen LogP contribution < -0.4 is 5.32 Å². The lowest BCUT2D eigenvalue weighted by molar-refractivity contribution is 0.0952. The fraction of sp³-hybridized carbons (Fsp3) is 0.381. The van der Waals surface area contributed by atoms with Crippen molar-refractivity contribution in [3.8, 4) is 0 Å². The molecule has 2 heterocycles. The summed E-state index contributed by atoms with van der Waals surface area (Å²) in [5.41, 5.74) is 4.83. The highest BCUT2D eigenvalue weighted by Crippen LogP contribution is 2.25. The number of aliphatic hydroxyl groups excluding tert-OH is 1. The number of fused-ring (bicyclic) bond motifs is 1. The van der Waals surface area contributed by atoms with Crippen LogP contribution in [-0.2, 0) is 13.6 Å². The van der Waals surface area contributed by atoms with Crippen LogP contribution in [0.4, 0.5) is 0 Å². The summed E-state index contributed by atoms with van der Waals surface area (Å²) in [7, 11) is 1.85. The molecule has 0 aliphatic heterocycles. The number of amides is 1. The molecule has 0 saturated carbocycles. The second kappa shape index (κ2) is 7.48. The lowest BCUT2D eigenvalue weighted by Crippen LogP contribution is -2.23. The molecule has 0 spiro atoms. The van der Waals surface area contributed by atoms with Crippen molar-refractivity contribution in [2.75, 3.05) is 0 Å². The van der Waals surface area contributed by atoms with Gasteiger partial charge in [-0.25, -0.2) is 4.98 Å². The van der Waals surface area contributed by atoms with Gasteiger partial charge in [-0.3, -0.25) is 9.48 Å². The van der Waals surface area contributed by atoms with E-state index in [1.165, 1.54) is 0 Å². The quantitative estimate of drug-likeness (QED) is 0.725. The number of hydrogen-bond acceptors (Lipinski definition) is 4. The summed E-state index contributed by atoms with van der Waals surface area (Å²) >= 11 is 0. The van der Waals surface area contributed by atoms with Crippen molar-refractivity contribution in [2.24, 2.45) is 7.05 Å². The summed E-state index contributed by atoms with van der Waals surface area (Å²) in [6.45, 7) is 8.16. The summed E-state index contributed by atoms with van der Waals surface area (Å²) < 4.78 is 1.72. The average Bonchev–Trinajstić information content (AvgIpc) is 2.93. The molecular weight excluding hydrogens is 340 g/mol. The van der Waals surface area contributed by atoms with Crippen LogP contribution in [0, 0.1) is 6.92 Å². The van der Waals surface area contributed by atoms with E-state index in [2.05, 4.69) is 29.2 Å². The fourth-order valence-corrected chi connectivity index (χ4v) is 3.13. The first-order valence-corrected chi connectivity index (χ1v) is 9.17. The molecule has 3 rings (SSSR count). The SMILES string of the molecule is Cc1nn(C)c2nc(C(C)C)cc(C(=O)NCc3ccc([C@@H](C)O)cc3)c12. The van der Waals surface area contributed by atoms with Gasteiger partial charge in [0.25, 0.3) is 5.91 Å². The van der Waals surface area contributed by atoms with Crippen LogP contribution in [0.5, 0.6) is 0 Å². The minimum Gasteiger partial charge on any atom is -0.389 e. The number of benzene rings is 1. The van der Waals surface area contributed by atoms with E-state index >= 15 is 0 Å². The number of nitrogens with one attached hydrogen (secondary N) is 1. The topological polar surface area (TPSA) is 80.0 Å². The number of carbonyl (C=O) groups excluding carboxylic acids is 1. The second-order valence-corrected chi connectivity index (χ2v) is 7.26. The van der Waals surface area contributed by atoms with Gasteiger partial charge in [-0.2, -0.15) is 5.10 Å². The molecule has 0 bridgehead atoms. The van der Waals surface area contributed by atoms with E-state index in [-0.39, 0.29) is 11.8 Å². The van der Waals surface area contributed by atoms with E-state index < -0.39 is 6.10 Å². The van der Waals surface area contributed by atoms with Gasteiger partial charge >= 0.3 is 0 Å². The summed E-state index contributed by atoms with van der Waals surface area (Å²) in [6.07, 6.45) is -0.498. The smallest absolute Gasteiger partial charge is 0.252 e. The predicted molar refractivity (Wildman–Crippen MR) is 106 cm³/mol. The predicted octanol–water partition coefficient (Wildman–Crippen LogP) is 3.38. The van der Waals surface area contributed by atoms with E-state index in [0.717, 1.165) is 33.5 Å². The molecule has 142 valence electrons. The first kappa shape index (κ1) is 19.0. The number of hydrogen-bond donors (Lipinski definition) is 2. The first-order chi connectivity index (χ1) is 12.8. The van der Waals surface area contributed by atoms with E-state index in [1.807, 2.05) is 44.3 Å². The maximum absolute atomic E-state index is 12.9. The molecule has 27 heavy (non-hydrogen) atoms. The molecule has 0 fully saturated rings. The van der Waals surface area contributed by atoms with Crippen LogP contribution in [0.2, 0.25) is 0 Å². The van der Waals surface area contributed by atoms with Crippen LogP contribution >= 0.6 is 0 Å². The van der Waals surface area contributed by atoms with Crippen LogP contribution in [0.3, 0.4) is 0 Å². The highest BCUT2D eigenvalue weighted by atomic mass is 16.3. The Morgan fingerprint density at radius 2 is 1.89 bits per heavy atom. The monoisotopic (exact) mass is 366 g/mol. The van der Waals surface area contributed by atoms with Gasteiger partial charge in [0, 0.05) is 19.3 Å². The van der Waals surface area contributed by atoms with Gasteiger partial charge in [0.15, 0.2) is 5.65 Å². The van der Waals surface area contributed by atoms with Gasteiger partial charge < -0.3 is 10.4 Å². The Bertz CT molecular complexity index is 972. The van der Waals surface area contributed by atoms with E-state index in [9.17, 15) is 9.90 Å². The van der Waals surface area contributed by atoms with Gasteiger partial charge in [-0.1, -0.05) is 38.1 Å². The molecule has 0 aliphatic rings. The highest BCUT2D eigenvalue weighted by Gasteiger charge is 2.19. The number of aliphatic hydroxyl groups is 1. The molecule has 0 radical (unpaired) electrons. The maximum Gasteiger partial charge on any atom is 0.252 e. The minimum absolute atomic E-state index is 0.139. The summed E-state index contributed by atoms with van der Waals surface area (Å²) in [5, 5.41) is 17.8. The van der Waals surface area contributed by atoms with Gasteiger partial charge in [0.1, 0.15) is 0 Å². The Labute approximate surface area is 159 Å². The molecule has 2 aromatic heterocycles. The Morgan fingerprint density at radius 3 is 2.48 bits per heavy atom. The Hall–Kier alpha value is -2.73. The molecule has 2 N–H and O–H groups in total. The van der Waals surface area contributed by atoms with Crippen molar-refractivity contribution < 1.29 is 9.90 Å². The van der Waals surface area contributed by atoms with Crippen LogP contribution in [0.15, 0.2) is 30.3 Å². The van der Waals surface area contributed by atoms with Crippen LogP contribution in [-0.4, -0.2) is 25.8 Å². The fourth-order valence-electron chi connectivity index (χ4n) is 3.13. The molecule has 1 amide bonds. The average molecular weight is 366 g/mol. The molecule has 0 unspecified atom stereocenters. The van der Waals surface area contributed by atoms with Crippen molar-refractivity contribution >= 4 is 16.9 Å². The number of aromatic nitrogens is 3. The van der Waals surface area contributed by atoms with E-state index in [4.69, 9.17) is 0 Å². The van der Waals surface area contributed by atoms with Crippen LogP contribution in [0.25, 0.3) is 11.0 Å². The van der Waals surface area contributed by atoms with Crippen molar-refractivity contribution in [3.05, 3.63) is 58.4 Å².